The molecule has 180 valence electrons. The first kappa shape index (κ1) is 27.0. The van der Waals surface area contributed by atoms with Crippen molar-refractivity contribution in [2.45, 2.75) is 112 Å². The van der Waals surface area contributed by atoms with Gasteiger partial charge in [-0.1, -0.05) is 78.9 Å². The van der Waals surface area contributed by atoms with E-state index in [0.29, 0.717) is 0 Å². The molecule has 0 aliphatic rings. The van der Waals surface area contributed by atoms with Crippen molar-refractivity contribution in [1.29, 1.82) is 0 Å². The van der Waals surface area contributed by atoms with Crippen molar-refractivity contribution in [1.82, 2.24) is 0 Å². The molecule has 0 spiro atoms. The highest BCUT2D eigenvalue weighted by Gasteiger charge is 2.08. The Labute approximate surface area is 203 Å². The summed E-state index contributed by atoms with van der Waals surface area (Å²) in [6, 6.07) is 13.8. The van der Waals surface area contributed by atoms with Crippen molar-refractivity contribution in [3.05, 3.63) is 58.7 Å². The van der Waals surface area contributed by atoms with Crippen molar-refractivity contribution >= 4 is 22.8 Å². The average molecular weight is 447 g/mol. The van der Waals surface area contributed by atoms with E-state index < -0.39 is 0 Å². The number of hydrogen-bond acceptors (Lipinski definition) is 2. The fourth-order valence-electron chi connectivity index (χ4n) is 4.42. The van der Waals surface area contributed by atoms with E-state index in [4.69, 9.17) is 9.98 Å². The highest BCUT2D eigenvalue weighted by molar-refractivity contribution is 6.42. The number of benzene rings is 2. The highest BCUT2D eigenvalue weighted by atomic mass is 14.8. The van der Waals surface area contributed by atoms with Crippen LogP contribution in [0.2, 0.25) is 0 Å². The molecule has 0 aliphatic carbocycles. The Kier molecular flexibility index (Phi) is 12.1. The van der Waals surface area contributed by atoms with Crippen LogP contribution in [0.4, 0.5) is 11.4 Å². The maximum Gasteiger partial charge on any atom is 0.0639 e. The van der Waals surface area contributed by atoms with Gasteiger partial charge in [0.05, 0.1) is 22.8 Å². The number of hydrogen-bond donors (Lipinski definition) is 0. The molecule has 2 nitrogen and oxygen atoms in total. The van der Waals surface area contributed by atoms with Crippen LogP contribution in [0.1, 0.15) is 109 Å². The summed E-state index contributed by atoms with van der Waals surface area (Å²) in [5, 5.41) is 0. The van der Waals surface area contributed by atoms with Crippen LogP contribution in [0.5, 0.6) is 0 Å². The lowest BCUT2D eigenvalue weighted by atomic mass is 10.0. The summed E-state index contributed by atoms with van der Waals surface area (Å²) in [6.07, 6.45) is 12.4. The minimum absolute atomic E-state index is 0.976. The van der Waals surface area contributed by atoms with Crippen molar-refractivity contribution in [3.63, 3.8) is 0 Å². The van der Waals surface area contributed by atoms with Crippen LogP contribution in [0, 0.1) is 0 Å². The first-order chi connectivity index (χ1) is 16.0. The molecular formula is C31H46N2. The Hall–Kier alpha value is -2.22. The zero-order valence-electron chi connectivity index (χ0n) is 22.1. The second-order valence-corrected chi connectivity index (χ2v) is 9.37. The molecule has 0 N–H and O–H groups in total. The largest absolute Gasteiger partial charge is 0.252 e. The summed E-state index contributed by atoms with van der Waals surface area (Å²) in [4.78, 5) is 10.3. The zero-order valence-corrected chi connectivity index (χ0v) is 22.1. The maximum absolute atomic E-state index is 5.18. The lowest BCUT2D eigenvalue weighted by molar-refractivity contribution is 0.838. The Morgan fingerprint density at radius 1 is 0.545 bits per heavy atom. The number of aliphatic imine (C=N–C) groups is 2. The predicted molar refractivity (Wildman–Crippen MR) is 148 cm³/mol. The van der Waals surface area contributed by atoms with Crippen LogP contribution >= 0.6 is 0 Å². The van der Waals surface area contributed by atoms with Gasteiger partial charge in [-0.25, -0.2) is 0 Å². The first-order valence-electron chi connectivity index (χ1n) is 13.4. The Morgan fingerprint density at radius 2 is 0.939 bits per heavy atom. The van der Waals surface area contributed by atoms with Crippen molar-refractivity contribution in [2.24, 2.45) is 9.98 Å². The molecule has 0 aromatic heterocycles. The normalized spacial score (nSPS) is 12.4. The van der Waals surface area contributed by atoms with Crippen molar-refractivity contribution in [2.75, 3.05) is 0 Å². The smallest absolute Gasteiger partial charge is 0.0639 e. The predicted octanol–water partition coefficient (Wildman–Crippen LogP) is 9.55. The molecule has 0 aliphatic heterocycles. The van der Waals surface area contributed by atoms with E-state index in [0.717, 1.165) is 93.4 Å². The van der Waals surface area contributed by atoms with Gasteiger partial charge in [0, 0.05) is 0 Å². The molecule has 2 aromatic carbocycles. The highest BCUT2D eigenvalue weighted by Crippen LogP contribution is 2.24. The van der Waals surface area contributed by atoms with Crippen molar-refractivity contribution < 1.29 is 0 Å². The van der Waals surface area contributed by atoms with E-state index in [9.17, 15) is 0 Å². The third-order valence-electron chi connectivity index (χ3n) is 5.98. The van der Waals surface area contributed by atoms with Gasteiger partial charge >= 0.3 is 0 Å². The standard InChI is InChI=1S/C31H46N2/c1-7-12-17-31(33-30-22-27(15-10-4)19-28(23-30)16-11-5)24(6)32-29-20-25(13-8-2)18-26(21-29)14-9-3/h18-23H,7-17H2,1-6H3. The number of nitrogens with zero attached hydrogens (tertiary/aromatic N) is 2. The quantitative estimate of drug-likeness (QED) is 0.258. The van der Waals surface area contributed by atoms with Gasteiger partial charge in [-0.05, 0) is 92.0 Å². The fraction of sp³-hybridized carbons (Fsp3) is 0.548. The van der Waals surface area contributed by atoms with Gasteiger partial charge < -0.3 is 0 Å². The summed E-state index contributed by atoms with van der Waals surface area (Å²) in [6.45, 7) is 13.4. The second-order valence-electron chi connectivity index (χ2n) is 9.37. The molecule has 0 atom stereocenters. The number of aryl methyl sites for hydroxylation is 4. The zero-order chi connectivity index (χ0) is 24.1. The van der Waals surface area contributed by atoms with E-state index >= 15 is 0 Å². The number of unbranched alkanes of at least 4 members (excludes halogenated alkanes) is 1. The molecule has 2 rings (SSSR count). The molecule has 0 radical (unpaired) electrons. The van der Waals surface area contributed by atoms with Gasteiger partial charge in [0.1, 0.15) is 0 Å². The van der Waals surface area contributed by atoms with E-state index in [1.165, 1.54) is 22.3 Å². The van der Waals surface area contributed by atoms with Crippen LogP contribution in [0.15, 0.2) is 46.4 Å². The minimum Gasteiger partial charge on any atom is -0.252 e. The first-order valence-corrected chi connectivity index (χ1v) is 13.4. The van der Waals surface area contributed by atoms with Crippen LogP contribution < -0.4 is 0 Å². The summed E-state index contributed by atoms with van der Waals surface area (Å²) in [5.74, 6) is 0. The molecule has 0 saturated carbocycles. The summed E-state index contributed by atoms with van der Waals surface area (Å²) in [5.41, 5.74) is 9.97. The summed E-state index contributed by atoms with van der Waals surface area (Å²) in [7, 11) is 0. The monoisotopic (exact) mass is 446 g/mol. The molecule has 0 saturated heterocycles. The maximum atomic E-state index is 5.18. The molecule has 0 fully saturated rings. The number of rotatable bonds is 14. The molecule has 33 heavy (non-hydrogen) atoms. The van der Waals surface area contributed by atoms with Crippen LogP contribution in [0.3, 0.4) is 0 Å². The molecule has 0 heterocycles. The Balaban J connectivity index is 2.47. The molecular weight excluding hydrogens is 400 g/mol. The molecule has 2 heteroatoms. The Morgan fingerprint density at radius 3 is 1.30 bits per heavy atom. The third kappa shape index (κ3) is 9.27. The fourth-order valence-corrected chi connectivity index (χ4v) is 4.42. The van der Waals surface area contributed by atoms with E-state index in [1.54, 1.807) is 0 Å². The van der Waals surface area contributed by atoms with Gasteiger partial charge in [0.25, 0.3) is 0 Å². The van der Waals surface area contributed by atoms with E-state index in [2.05, 4.69) is 77.9 Å². The third-order valence-corrected chi connectivity index (χ3v) is 5.98. The topological polar surface area (TPSA) is 24.7 Å². The van der Waals surface area contributed by atoms with E-state index in [1.807, 2.05) is 0 Å². The van der Waals surface area contributed by atoms with Crippen molar-refractivity contribution in [3.8, 4) is 0 Å². The van der Waals surface area contributed by atoms with Crippen LogP contribution in [-0.2, 0) is 25.7 Å². The summed E-state index contributed by atoms with van der Waals surface area (Å²) >= 11 is 0. The van der Waals surface area contributed by atoms with Crippen LogP contribution in [-0.4, -0.2) is 11.4 Å². The minimum atomic E-state index is 0.976. The molecule has 2 aromatic rings. The van der Waals surface area contributed by atoms with Gasteiger partial charge in [0.15, 0.2) is 0 Å². The second kappa shape index (κ2) is 14.8. The average Bonchev–Trinajstić information content (AvgIpc) is 2.77. The van der Waals surface area contributed by atoms with Gasteiger partial charge in [-0.3, -0.25) is 9.98 Å². The summed E-state index contributed by atoms with van der Waals surface area (Å²) < 4.78 is 0. The molecule has 0 unspecified atom stereocenters. The van der Waals surface area contributed by atoms with Gasteiger partial charge in [0.2, 0.25) is 0 Å². The Bertz CT molecular complexity index is 872. The van der Waals surface area contributed by atoms with Crippen LogP contribution in [0.25, 0.3) is 0 Å². The lowest BCUT2D eigenvalue weighted by Crippen LogP contribution is -2.10. The SMILES string of the molecule is CCCCC(=Nc1cc(CCC)cc(CCC)c1)C(C)=Nc1cc(CCC)cc(CCC)c1. The molecule has 0 amide bonds. The lowest BCUT2D eigenvalue weighted by Gasteiger charge is -2.11. The molecule has 0 bridgehead atoms. The van der Waals surface area contributed by atoms with E-state index in [-0.39, 0.29) is 0 Å². The van der Waals surface area contributed by atoms with Gasteiger partial charge in [-0.15, -0.1) is 0 Å². The van der Waals surface area contributed by atoms with Gasteiger partial charge in [-0.2, -0.15) is 0 Å².